The molecule has 0 aromatic rings. The maximum absolute atomic E-state index is 6.85. The molecular formula is C19H49O3PSi4. The molecule has 0 atom stereocenters. The summed E-state index contributed by atoms with van der Waals surface area (Å²) in [6, 6.07) is 1.01. The molecule has 0 radical (unpaired) electrons. The summed E-state index contributed by atoms with van der Waals surface area (Å²) < 4.78 is 20.6. The minimum atomic E-state index is -2.67. The second-order valence-electron chi connectivity index (χ2n) is 11.6. The molecule has 164 valence electrons. The molecule has 0 aliphatic carbocycles. The molecule has 0 aliphatic heterocycles. The third kappa shape index (κ3) is 15.7. The Morgan fingerprint density at radius 2 is 0.889 bits per heavy atom. The van der Waals surface area contributed by atoms with Crippen LogP contribution in [0.2, 0.25) is 65.0 Å². The first-order valence-electron chi connectivity index (χ1n) is 10.7. The van der Waals surface area contributed by atoms with Gasteiger partial charge in [-0.15, -0.1) is 7.92 Å². The third-order valence-corrected chi connectivity index (χ3v) is 19.1. The highest BCUT2D eigenvalue weighted by atomic mass is 31.1. The quantitative estimate of drug-likeness (QED) is 0.210. The zero-order valence-electron chi connectivity index (χ0n) is 20.7. The Hall–Kier alpha value is 1.18. The van der Waals surface area contributed by atoms with Crippen LogP contribution in [0.1, 0.15) is 27.7 Å². The van der Waals surface area contributed by atoms with E-state index in [1.54, 1.807) is 0 Å². The molecule has 0 N–H and O–H groups in total. The molecule has 0 spiro atoms. The Labute approximate surface area is 176 Å². The topological polar surface area (TPSA) is 27.7 Å². The van der Waals surface area contributed by atoms with Gasteiger partial charge in [-0.25, -0.2) is 0 Å². The van der Waals surface area contributed by atoms with E-state index in [4.69, 9.17) is 12.3 Å². The summed E-state index contributed by atoms with van der Waals surface area (Å²) in [5.41, 5.74) is 0. The van der Waals surface area contributed by atoms with Gasteiger partial charge in [-0.3, -0.25) is 0 Å². The molecule has 0 aromatic carbocycles. The van der Waals surface area contributed by atoms with Gasteiger partial charge in [-0.05, 0) is 89.2 Å². The summed E-state index contributed by atoms with van der Waals surface area (Å²) in [4.78, 5) is 0. The molecule has 0 rings (SSSR count). The summed E-state index contributed by atoms with van der Waals surface area (Å²) in [6.07, 6.45) is 3.94. The average molecular weight is 469 g/mol. The van der Waals surface area contributed by atoms with Crippen LogP contribution in [-0.2, 0) is 12.3 Å². The van der Waals surface area contributed by atoms with Crippen molar-refractivity contribution in [1.82, 2.24) is 0 Å². The van der Waals surface area contributed by atoms with Gasteiger partial charge < -0.3 is 12.3 Å². The minimum Gasteiger partial charge on any atom is -0.417 e. The van der Waals surface area contributed by atoms with Crippen LogP contribution in [0.15, 0.2) is 0 Å². The first kappa shape index (κ1) is 28.2. The molecule has 8 heteroatoms. The van der Waals surface area contributed by atoms with Crippen LogP contribution < -0.4 is 0 Å². The molecule has 0 saturated carbocycles. The highest BCUT2D eigenvalue weighted by Gasteiger charge is 2.49. The number of hydrogen-bond acceptors (Lipinski definition) is 3. The molecule has 3 nitrogen and oxygen atoms in total. The van der Waals surface area contributed by atoms with Crippen LogP contribution in [0.5, 0.6) is 0 Å². The van der Waals surface area contributed by atoms with Crippen LogP contribution in [0, 0.1) is 11.8 Å². The Morgan fingerprint density at radius 3 is 1.11 bits per heavy atom. The van der Waals surface area contributed by atoms with Gasteiger partial charge in [-0.2, -0.15) is 0 Å². The Balaban J connectivity index is 5.68. The molecule has 0 unspecified atom stereocenters. The summed E-state index contributed by atoms with van der Waals surface area (Å²) >= 11 is 0. The van der Waals surface area contributed by atoms with Crippen LogP contribution in [-0.4, -0.2) is 52.2 Å². The normalized spacial score (nSPS) is 14.7. The second kappa shape index (κ2) is 11.0. The van der Waals surface area contributed by atoms with Gasteiger partial charge in [-0.1, -0.05) is 27.7 Å². The van der Waals surface area contributed by atoms with Crippen molar-refractivity contribution in [3.05, 3.63) is 0 Å². The molecule has 0 aliphatic rings. The van der Waals surface area contributed by atoms with Crippen molar-refractivity contribution in [3.63, 3.8) is 0 Å². The van der Waals surface area contributed by atoms with E-state index in [1.807, 2.05) is 0 Å². The highest BCUT2D eigenvalue weighted by Crippen LogP contribution is 2.43. The maximum Gasteiger partial charge on any atom is 0.469 e. The first-order chi connectivity index (χ1) is 11.8. The lowest BCUT2D eigenvalue weighted by atomic mass is 10.3. The fourth-order valence-corrected chi connectivity index (χ4v) is 22.2. The monoisotopic (exact) mass is 468 g/mol. The van der Waals surface area contributed by atoms with Gasteiger partial charge in [0.15, 0.2) is 25.0 Å². The van der Waals surface area contributed by atoms with Crippen molar-refractivity contribution < 1.29 is 12.3 Å². The van der Waals surface area contributed by atoms with Crippen LogP contribution >= 0.6 is 7.92 Å². The van der Waals surface area contributed by atoms with Gasteiger partial charge in [0.05, 0.1) is 0 Å². The molecule has 0 heterocycles. The number of rotatable bonds is 13. The van der Waals surface area contributed by atoms with Crippen LogP contribution in [0.3, 0.4) is 0 Å². The largest absolute Gasteiger partial charge is 0.469 e. The van der Waals surface area contributed by atoms with Crippen molar-refractivity contribution in [3.8, 4) is 0 Å². The fraction of sp³-hybridized carbons (Fsp3) is 1.00. The molecule has 0 saturated heterocycles. The van der Waals surface area contributed by atoms with E-state index in [1.165, 1.54) is 18.5 Å². The molecular weight excluding hydrogens is 420 g/mol. The Bertz CT molecular complexity index is 375. The summed E-state index contributed by atoms with van der Waals surface area (Å²) in [6.45, 7) is 29.9. The van der Waals surface area contributed by atoms with Crippen molar-refractivity contribution in [2.45, 2.75) is 92.7 Å². The summed E-state index contributed by atoms with van der Waals surface area (Å²) in [5, 5.41) is 0. The standard InChI is InChI=1S/C19H49O3PSi4/c1-18(2)16-23(17-19(3)4)14-15-27(20-24(5,6)7,21-25(8,9)10)22-26(11,12)13/h18-19H,14-17H2,1-13H3. The SMILES string of the molecule is CC(C)CP(CC[Si](O[Si](C)(C)C)(O[Si](C)(C)C)O[Si](C)(C)C)CC(C)C. The van der Waals surface area contributed by atoms with Crippen molar-refractivity contribution >= 4 is 41.7 Å². The number of hydrogen-bond donors (Lipinski definition) is 0. The molecule has 0 fully saturated rings. The first-order valence-corrected chi connectivity index (χ1v) is 24.7. The zero-order chi connectivity index (χ0) is 21.7. The van der Waals surface area contributed by atoms with E-state index in [0.29, 0.717) is 0 Å². The second-order valence-corrected chi connectivity index (χ2v) is 31.1. The van der Waals surface area contributed by atoms with Crippen LogP contribution in [0.25, 0.3) is 0 Å². The smallest absolute Gasteiger partial charge is 0.417 e. The van der Waals surface area contributed by atoms with E-state index in [2.05, 4.69) is 86.6 Å². The third-order valence-electron chi connectivity index (χ3n) is 3.37. The predicted octanol–water partition coefficient (Wildman–Crippen LogP) is 7.27. The van der Waals surface area contributed by atoms with Gasteiger partial charge >= 0.3 is 8.80 Å². The van der Waals surface area contributed by atoms with E-state index < -0.39 is 33.8 Å². The van der Waals surface area contributed by atoms with Gasteiger partial charge in [0.2, 0.25) is 0 Å². The summed E-state index contributed by atoms with van der Waals surface area (Å²) in [7, 11) is -7.95. The lowest BCUT2D eigenvalue weighted by Gasteiger charge is -2.43. The molecule has 27 heavy (non-hydrogen) atoms. The maximum atomic E-state index is 6.85. The zero-order valence-corrected chi connectivity index (χ0v) is 25.5. The average Bonchev–Trinajstić information content (AvgIpc) is 2.27. The van der Waals surface area contributed by atoms with Gasteiger partial charge in [0.1, 0.15) is 0 Å². The Kier molecular flexibility index (Phi) is 11.5. The van der Waals surface area contributed by atoms with E-state index in [-0.39, 0.29) is 7.92 Å². The fourth-order valence-electron chi connectivity index (χ4n) is 3.20. The molecule has 0 bridgehead atoms. The lowest BCUT2D eigenvalue weighted by molar-refractivity contribution is 0.254. The molecule has 0 aromatic heterocycles. The minimum absolute atomic E-state index is 0.0124. The predicted molar refractivity (Wildman–Crippen MR) is 135 cm³/mol. The van der Waals surface area contributed by atoms with Crippen LogP contribution in [0.4, 0.5) is 0 Å². The van der Waals surface area contributed by atoms with Gasteiger partial charge in [0.25, 0.3) is 0 Å². The van der Waals surface area contributed by atoms with E-state index >= 15 is 0 Å². The highest BCUT2D eigenvalue weighted by molar-refractivity contribution is 7.57. The van der Waals surface area contributed by atoms with Gasteiger partial charge in [0, 0.05) is 6.04 Å². The molecule has 0 amide bonds. The van der Waals surface area contributed by atoms with Crippen molar-refractivity contribution in [2.75, 3.05) is 18.5 Å². The van der Waals surface area contributed by atoms with Crippen molar-refractivity contribution in [2.24, 2.45) is 11.8 Å². The van der Waals surface area contributed by atoms with E-state index in [0.717, 1.165) is 17.9 Å². The van der Waals surface area contributed by atoms with E-state index in [9.17, 15) is 0 Å². The summed E-state index contributed by atoms with van der Waals surface area (Å²) in [5.74, 6) is 1.53. The lowest BCUT2D eigenvalue weighted by Crippen LogP contribution is -2.60. The Morgan fingerprint density at radius 1 is 0.593 bits per heavy atom. The van der Waals surface area contributed by atoms with Crippen molar-refractivity contribution in [1.29, 1.82) is 0 Å².